The second-order valence-corrected chi connectivity index (χ2v) is 3.75. The van der Waals surface area contributed by atoms with Gasteiger partial charge in [-0.05, 0) is 25.2 Å². The fraction of sp³-hybridized carbons (Fsp3) is 1.00. The number of rotatable bonds is 6. The van der Waals surface area contributed by atoms with Crippen LogP contribution in [0.25, 0.3) is 0 Å². The minimum atomic E-state index is 0.912. The molecule has 0 heterocycles. The summed E-state index contributed by atoms with van der Waals surface area (Å²) in [6.45, 7) is 4.30. The first-order valence-corrected chi connectivity index (χ1v) is 5.33. The van der Waals surface area contributed by atoms with E-state index < -0.39 is 0 Å². The summed E-state index contributed by atoms with van der Waals surface area (Å²) in [6, 6.07) is 0. The van der Waals surface area contributed by atoms with E-state index in [0.29, 0.717) is 0 Å². The quantitative estimate of drug-likeness (QED) is 0.478. The summed E-state index contributed by atoms with van der Waals surface area (Å²) in [7, 11) is 0. The van der Waals surface area contributed by atoms with Crippen molar-refractivity contribution in [1.82, 2.24) is 10.9 Å². The van der Waals surface area contributed by atoms with Crippen molar-refractivity contribution in [2.24, 2.45) is 5.92 Å². The molecule has 0 amide bonds. The van der Waals surface area contributed by atoms with Crippen molar-refractivity contribution >= 4 is 0 Å². The Balaban J connectivity index is 1.81. The molecule has 0 spiro atoms. The molecular formula is C10H21N2. The van der Waals surface area contributed by atoms with Crippen LogP contribution in [-0.2, 0) is 0 Å². The fourth-order valence-electron chi connectivity index (χ4n) is 1.72. The molecule has 1 saturated carbocycles. The standard InChI is InChI=1S/C10H21N2/c1-2-3-8-11-12-9-10-6-4-5-7-10/h10,12H,2-9H2,1H3. The highest BCUT2D eigenvalue weighted by Gasteiger charge is 2.13. The van der Waals surface area contributed by atoms with Crippen molar-refractivity contribution in [2.75, 3.05) is 13.1 Å². The number of hydrogen-bond donors (Lipinski definition) is 1. The van der Waals surface area contributed by atoms with Gasteiger partial charge in [-0.2, -0.15) is 5.43 Å². The van der Waals surface area contributed by atoms with E-state index in [0.717, 1.165) is 19.0 Å². The Morgan fingerprint density at radius 3 is 2.75 bits per heavy atom. The zero-order valence-electron chi connectivity index (χ0n) is 8.18. The van der Waals surface area contributed by atoms with Gasteiger partial charge in [0.25, 0.3) is 0 Å². The largest absolute Gasteiger partial charge is 0.240 e. The van der Waals surface area contributed by atoms with E-state index in [-0.39, 0.29) is 0 Å². The van der Waals surface area contributed by atoms with Gasteiger partial charge in [0.2, 0.25) is 0 Å². The summed E-state index contributed by atoms with van der Waals surface area (Å²) < 4.78 is 0. The Kier molecular flexibility index (Phi) is 5.37. The molecule has 2 heteroatoms. The molecule has 1 aliphatic rings. The van der Waals surface area contributed by atoms with E-state index in [9.17, 15) is 0 Å². The van der Waals surface area contributed by atoms with Gasteiger partial charge in [0.15, 0.2) is 0 Å². The van der Waals surface area contributed by atoms with Gasteiger partial charge in [-0.25, -0.2) is 5.43 Å². The third kappa shape index (κ3) is 4.07. The minimum absolute atomic E-state index is 0.912. The van der Waals surface area contributed by atoms with E-state index in [1.54, 1.807) is 0 Å². The smallest absolute Gasteiger partial charge is 0.0304 e. The molecule has 1 rings (SSSR count). The molecule has 71 valence electrons. The van der Waals surface area contributed by atoms with Crippen LogP contribution in [0.1, 0.15) is 45.4 Å². The zero-order valence-corrected chi connectivity index (χ0v) is 8.18. The molecule has 0 atom stereocenters. The SMILES string of the molecule is CCCC[N]NCC1CCCC1. The monoisotopic (exact) mass is 169 g/mol. The van der Waals surface area contributed by atoms with Gasteiger partial charge in [-0.15, -0.1) is 0 Å². The van der Waals surface area contributed by atoms with Crippen LogP contribution in [-0.4, -0.2) is 13.1 Å². The summed E-state index contributed by atoms with van der Waals surface area (Å²) in [5.74, 6) is 0.912. The van der Waals surface area contributed by atoms with Crippen LogP contribution in [0.15, 0.2) is 0 Å². The first kappa shape index (κ1) is 10.0. The molecule has 1 fully saturated rings. The third-order valence-electron chi connectivity index (χ3n) is 2.59. The first-order valence-electron chi connectivity index (χ1n) is 5.33. The van der Waals surface area contributed by atoms with Crippen LogP contribution < -0.4 is 10.9 Å². The van der Waals surface area contributed by atoms with Gasteiger partial charge in [-0.3, -0.25) is 0 Å². The molecule has 0 aromatic heterocycles. The van der Waals surface area contributed by atoms with Crippen molar-refractivity contribution in [1.29, 1.82) is 0 Å². The molecule has 1 N–H and O–H groups in total. The third-order valence-corrected chi connectivity index (χ3v) is 2.59. The average molecular weight is 169 g/mol. The lowest BCUT2D eigenvalue weighted by Gasteiger charge is -2.09. The van der Waals surface area contributed by atoms with Gasteiger partial charge < -0.3 is 0 Å². The summed E-state index contributed by atoms with van der Waals surface area (Å²) in [4.78, 5) is 0. The Morgan fingerprint density at radius 2 is 2.08 bits per heavy atom. The summed E-state index contributed by atoms with van der Waals surface area (Å²) in [6.07, 6.45) is 8.15. The van der Waals surface area contributed by atoms with Gasteiger partial charge in [0.05, 0.1) is 0 Å². The molecule has 0 saturated heterocycles. The predicted octanol–water partition coefficient (Wildman–Crippen LogP) is 2.09. The van der Waals surface area contributed by atoms with Crippen LogP contribution in [0.5, 0.6) is 0 Å². The van der Waals surface area contributed by atoms with Gasteiger partial charge in [0, 0.05) is 13.1 Å². The van der Waals surface area contributed by atoms with Crippen molar-refractivity contribution in [3.63, 3.8) is 0 Å². The molecule has 1 radical (unpaired) electrons. The molecule has 0 aliphatic heterocycles. The summed E-state index contributed by atoms with van der Waals surface area (Å²) in [5, 5.41) is 0. The lowest BCUT2D eigenvalue weighted by Crippen LogP contribution is -2.29. The van der Waals surface area contributed by atoms with Crippen molar-refractivity contribution < 1.29 is 0 Å². The highest BCUT2D eigenvalue weighted by atomic mass is 15.3. The van der Waals surface area contributed by atoms with Crippen molar-refractivity contribution in [2.45, 2.75) is 45.4 Å². The molecular weight excluding hydrogens is 148 g/mol. The Labute approximate surface area is 76.1 Å². The second kappa shape index (κ2) is 6.44. The Hall–Kier alpha value is -0.0800. The average Bonchev–Trinajstić information content (AvgIpc) is 2.57. The lowest BCUT2D eigenvalue weighted by molar-refractivity contribution is 0.423. The van der Waals surface area contributed by atoms with Crippen LogP contribution in [0.4, 0.5) is 0 Å². The van der Waals surface area contributed by atoms with Crippen LogP contribution >= 0.6 is 0 Å². The minimum Gasteiger partial charge on any atom is -0.240 e. The molecule has 2 nitrogen and oxygen atoms in total. The maximum atomic E-state index is 4.27. The second-order valence-electron chi connectivity index (χ2n) is 3.75. The van der Waals surface area contributed by atoms with Crippen LogP contribution in [0.2, 0.25) is 0 Å². The molecule has 0 bridgehead atoms. The normalized spacial score (nSPS) is 18.8. The Morgan fingerprint density at radius 1 is 1.33 bits per heavy atom. The van der Waals surface area contributed by atoms with Gasteiger partial charge in [0.1, 0.15) is 0 Å². The van der Waals surface area contributed by atoms with Crippen LogP contribution in [0, 0.1) is 5.92 Å². The van der Waals surface area contributed by atoms with Crippen molar-refractivity contribution in [3.8, 4) is 0 Å². The zero-order chi connectivity index (χ0) is 8.65. The van der Waals surface area contributed by atoms with Gasteiger partial charge in [-0.1, -0.05) is 26.2 Å². The molecule has 0 unspecified atom stereocenters. The summed E-state index contributed by atoms with van der Waals surface area (Å²) >= 11 is 0. The highest BCUT2D eigenvalue weighted by molar-refractivity contribution is 4.68. The summed E-state index contributed by atoms with van der Waals surface area (Å²) in [5.41, 5.74) is 7.46. The number of nitrogens with one attached hydrogen (secondary N) is 1. The fourth-order valence-corrected chi connectivity index (χ4v) is 1.72. The van der Waals surface area contributed by atoms with E-state index in [1.807, 2.05) is 0 Å². The molecule has 0 aromatic carbocycles. The molecule has 1 aliphatic carbocycles. The van der Waals surface area contributed by atoms with E-state index in [1.165, 1.54) is 38.5 Å². The molecule has 12 heavy (non-hydrogen) atoms. The first-order chi connectivity index (χ1) is 5.93. The van der Waals surface area contributed by atoms with E-state index >= 15 is 0 Å². The highest BCUT2D eigenvalue weighted by Crippen LogP contribution is 2.23. The van der Waals surface area contributed by atoms with Crippen molar-refractivity contribution in [3.05, 3.63) is 0 Å². The number of nitrogens with zero attached hydrogens (tertiary/aromatic N) is 1. The van der Waals surface area contributed by atoms with E-state index in [4.69, 9.17) is 0 Å². The number of unbranched alkanes of at least 4 members (excludes halogenated alkanes) is 1. The maximum Gasteiger partial charge on any atom is 0.0304 e. The number of hydrogen-bond acceptors (Lipinski definition) is 1. The predicted molar refractivity (Wildman–Crippen MR) is 51.9 cm³/mol. The molecule has 0 aromatic rings. The topological polar surface area (TPSA) is 26.1 Å². The Bertz CT molecular complexity index is 98.0. The maximum absolute atomic E-state index is 4.27. The van der Waals surface area contributed by atoms with E-state index in [2.05, 4.69) is 17.8 Å². The lowest BCUT2D eigenvalue weighted by atomic mass is 10.1. The van der Waals surface area contributed by atoms with Gasteiger partial charge >= 0.3 is 0 Å². The van der Waals surface area contributed by atoms with Crippen LogP contribution in [0.3, 0.4) is 0 Å².